The molecule has 260 valence electrons. The van der Waals surface area contributed by atoms with E-state index >= 15 is 0 Å². The van der Waals surface area contributed by atoms with Gasteiger partial charge >= 0.3 is 11.9 Å². The average Bonchev–Trinajstić information content (AvgIpc) is 3.58. The SMILES string of the molecule is C[C@H]1C(=O)N[C@@H](C(=O)O)CCC(=O)N2CCC[C@H]2C(=O)N[C@@H](C(=O)O)CC(=O)N[C@@H](Cc2ccccc2)C(=O)N[C@H]1/C=C/c1ccccc1. The Kier molecular flexibility index (Phi) is 12.6. The molecule has 2 aliphatic heterocycles. The first-order valence-corrected chi connectivity index (χ1v) is 16.2. The van der Waals surface area contributed by atoms with Crippen LogP contribution in [0.1, 0.15) is 50.2 Å². The maximum atomic E-state index is 13.9. The molecule has 0 unspecified atom stereocenters. The Balaban J connectivity index is 1.70. The average molecular weight is 676 g/mol. The van der Waals surface area contributed by atoms with Gasteiger partial charge in [-0.3, -0.25) is 24.0 Å². The summed E-state index contributed by atoms with van der Waals surface area (Å²) in [6.45, 7) is 1.71. The van der Waals surface area contributed by atoms with E-state index in [1.54, 1.807) is 42.5 Å². The van der Waals surface area contributed by atoms with Crippen molar-refractivity contribution >= 4 is 47.6 Å². The Labute approximate surface area is 283 Å². The fraction of sp³-hybridized carbons (Fsp3) is 0.400. The molecule has 6 N–H and O–H groups in total. The molecule has 5 amide bonds. The van der Waals surface area contributed by atoms with Gasteiger partial charge in [0.1, 0.15) is 24.2 Å². The number of hydrogen-bond donors (Lipinski definition) is 6. The van der Waals surface area contributed by atoms with Crippen molar-refractivity contribution < 1.29 is 43.8 Å². The molecule has 6 atom stereocenters. The van der Waals surface area contributed by atoms with Crippen LogP contribution < -0.4 is 21.3 Å². The summed E-state index contributed by atoms with van der Waals surface area (Å²) in [5.41, 5.74) is 1.44. The summed E-state index contributed by atoms with van der Waals surface area (Å²) in [6, 6.07) is 11.5. The van der Waals surface area contributed by atoms with E-state index in [9.17, 15) is 43.8 Å². The molecule has 2 saturated heterocycles. The highest BCUT2D eigenvalue weighted by atomic mass is 16.4. The number of hydrogen-bond acceptors (Lipinski definition) is 7. The van der Waals surface area contributed by atoms with Gasteiger partial charge in [-0.25, -0.2) is 9.59 Å². The number of fused-ring (bicyclic) bond motifs is 1. The predicted octanol–water partition coefficient (Wildman–Crippen LogP) is 0.862. The second kappa shape index (κ2) is 17.0. The minimum absolute atomic E-state index is 0.0123. The molecule has 49 heavy (non-hydrogen) atoms. The summed E-state index contributed by atoms with van der Waals surface area (Å²) in [6.07, 6.45) is 2.70. The maximum Gasteiger partial charge on any atom is 0.326 e. The van der Waals surface area contributed by atoms with Crippen molar-refractivity contribution in [2.45, 2.75) is 75.7 Å². The molecule has 2 aromatic rings. The first kappa shape index (κ1) is 36.3. The van der Waals surface area contributed by atoms with E-state index in [2.05, 4.69) is 21.3 Å². The van der Waals surface area contributed by atoms with Crippen LogP contribution in [0, 0.1) is 5.92 Å². The molecule has 0 spiro atoms. The molecule has 0 aromatic heterocycles. The molecule has 4 rings (SSSR count). The van der Waals surface area contributed by atoms with Gasteiger partial charge in [0.25, 0.3) is 0 Å². The lowest BCUT2D eigenvalue weighted by atomic mass is 9.97. The monoisotopic (exact) mass is 675 g/mol. The van der Waals surface area contributed by atoms with E-state index in [4.69, 9.17) is 0 Å². The summed E-state index contributed by atoms with van der Waals surface area (Å²) in [5.74, 6) is -7.39. The first-order valence-electron chi connectivity index (χ1n) is 16.2. The van der Waals surface area contributed by atoms with Crippen LogP contribution in [0.2, 0.25) is 0 Å². The lowest BCUT2D eigenvalue weighted by molar-refractivity contribution is -0.145. The van der Waals surface area contributed by atoms with Crippen LogP contribution in [0.5, 0.6) is 0 Å². The van der Waals surface area contributed by atoms with E-state index in [0.29, 0.717) is 12.0 Å². The molecular weight excluding hydrogens is 634 g/mol. The fourth-order valence-corrected chi connectivity index (χ4v) is 5.82. The molecule has 0 radical (unpaired) electrons. The van der Waals surface area contributed by atoms with Gasteiger partial charge in [0.2, 0.25) is 29.5 Å². The number of rotatable bonds is 6. The van der Waals surface area contributed by atoms with Gasteiger partial charge in [0, 0.05) is 19.4 Å². The highest BCUT2D eigenvalue weighted by molar-refractivity contribution is 5.94. The standard InChI is InChI=1S/C35H41N5O9/c1-21-24(15-14-22-9-4-2-5-10-22)37-32(44)26(19-23-11-6-3-7-12-23)36-29(41)20-27(35(48)49)39-33(45)28-13-8-18-40(28)30(42)17-16-25(34(46)47)38-31(21)43/h2-7,9-12,14-15,21,24-28H,8,13,16-20H2,1H3,(H,36,41)(H,37,44)(H,38,43)(H,39,45)(H,46,47)(H,48,49)/b15-14+/t21-,24+,25-,26+,27-,28+/m1/s1. The molecule has 0 saturated carbocycles. The van der Waals surface area contributed by atoms with Crippen LogP contribution >= 0.6 is 0 Å². The Morgan fingerprint density at radius 2 is 1.43 bits per heavy atom. The van der Waals surface area contributed by atoms with Crippen molar-refractivity contribution in [2.75, 3.05) is 6.54 Å². The van der Waals surface area contributed by atoms with Gasteiger partial charge in [-0.05, 0) is 30.4 Å². The molecule has 14 nitrogen and oxygen atoms in total. The fourth-order valence-electron chi connectivity index (χ4n) is 5.82. The summed E-state index contributed by atoms with van der Waals surface area (Å²) >= 11 is 0. The van der Waals surface area contributed by atoms with Crippen molar-refractivity contribution in [3.63, 3.8) is 0 Å². The lowest BCUT2D eigenvalue weighted by Gasteiger charge is -2.27. The van der Waals surface area contributed by atoms with E-state index in [0.717, 1.165) is 5.56 Å². The zero-order chi connectivity index (χ0) is 35.5. The summed E-state index contributed by atoms with van der Waals surface area (Å²) < 4.78 is 0. The molecular formula is C35H41N5O9. The van der Waals surface area contributed by atoms with E-state index in [1.165, 1.54) is 11.8 Å². The summed E-state index contributed by atoms with van der Waals surface area (Å²) in [4.78, 5) is 92.5. The maximum absolute atomic E-state index is 13.9. The van der Waals surface area contributed by atoms with Crippen LogP contribution in [0.25, 0.3) is 6.08 Å². The number of carbonyl (C=O) groups excluding carboxylic acids is 5. The Bertz CT molecular complexity index is 1570. The number of aliphatic carboxylic acids is 2. The van der Waals surface area contributed by atoms with Crippen LogP contribution in [-0.2, 0) is 40.0 Å². The van der Waals surface area contributed by atoms with Crippen LogP contribution in [0.3, 0.4) is 0 Å². The van der Waals surface area contributed by atoms with Gasteiger partial charge in [0.05, 0.1) is 18.4 Å². The Morgan fingerprint density at radius 1 is 0.796 bits per heavy atom. The molecule has 2 aliphatic rings. The normalized spacial score (nSPS) is 26.3. The second-order valence-electron chi connectivity index (χ2n) is 12.2. The third kappa shape index (κ3) is 10.2. The topological polar surface area (TPSA) is 211 Å². The Morgan fingerprint density at radius 3 is 2.08 bits per heavy atom. The first-order chi connectivity index (χ1) is 23.4. The number of amides is 5. The number of carbonyl (C=O) groups is 7. The van der Waals surface area contributed by atoms with Gasteiger partial charge in [-0.1, -0.05) is 79.7 Å². The minimum atomic E-state index is -1.66. The zero-order valence-corrected chi connectivity index (χ0v) is 27.0. The largest absolute Gasteiger partial charge is 0.480 e. The van der Waals surface area contributed by atoms with Gasteiger partial charge < -0.3 is 36.4 Å². The van der Waals surface area contributed by atoms with Crippen molar-refractivity contribution in [1.82, 2.24) is 26.2 Å². The van der Waals surface area contributed by atoms with Gasteiger partial charge in [0.15, 0.2) is 0 Å². The third-order valence-electron chi connectivity index (χ3n) is 8.63. The number of benzene rings is 2. The van der Waals surface area contributed by atoms with E-state index in [1.807, 2.05) is 30.3 Å². The zero-order valence-electron chi connectivity index (χ0n) is 27.0. The molecule has 2 fully saturated rings. The molecule has 0 bridgehead atoms. The highest BCUT2D eigenvalue weighted by Gasteiger charge is 2.38. The number of nitrogens with one attached hydrogen (secondary N) is 4. The van der Waals surface area contributed by atoms with Crippen LogP contribution in [0.4, 0.5) is 0 Å². The third-order valence-corrected chi connectivity index (χ3v) is 8.63. The molecule has 2 heterocycles. The van der Waals surface area contributed by atoms with E-state index in [-0.39, 0.29) is 32.2 Å². The van der Waals surface area contributed by atoms with Gasteiger partial charge in [-0.2, -0.15) is 0 Å². The summed E-state index contributed by atoms with van der Waals surface area (Å²) in [5, 5.41) is 30.0. The molecule has 0 aliphatic carbocycles. The van der Waals surface area contributed by atoms with Crippen molar-refractivity contribution in [2.24, 2.45) is 5.92 Å². The number of nitrogens with zero attached hydrogens (tertiary/aromatic N) is 1. The van der Waals surface area contributed by atoms with Crippen LogP contribution in [0.15, 0.2) is 66.7 Å². The van der Waals surface area contributed by atoms with Crippen molar-refractivity contribution in [3.8, 4) is 0 Å². The number of carboxylic acids is 2. The summed E-state index contributed by atoms with van der Waals surface area (Å²) in [7, 11) is 0. The Hall–Kier alpha value is -5.53. The van der Waals surface area contributed by atoms with Crippen molar-refractivity contribution in [1.29, 1.82) is 0 Å². The quantitative estimate of drug-likeness (QED) is 0.256. The van der Waals surface area contributed by atoms with Gasteiger partial charge in [-0.15, -0.1) is 0 Å². The number of carboxylic acid groups (broad SMARTS) is 2. The predicted molar refractivity (Wildman–Crippen MR) is 176 cm³/mol. The highest BCUT2D eigenvalue weighted by Crippen LogP contribution is 2.20. The second-order valence-corrected chi connectivity index (χ2v) is 12.2. The molecule has 14 heteroatoms. The minimum Gasteiger partial charge on any atom is -0.480 e. The van der Waals surface area contributed by atoms with Crippen molar-refractivity contribution in [3.05, 3.63) is 77.9 Å². The lowest BCUT2D eigenvalue weighted by Crippen LogP contribution is -2.55. The smallest absolute Gasteiger partial charge is 0.326 e. The molecule has 2 aromatic carbocycles. The van der Waals surface area contributed by atoms with E-state index < -0.39 is 84.0 Å². The van der Waals surface area contributed by atoms with Crippen LogP contribution in [-0.4, -0.2) is 93.3 Å².